The predicted molar refractivity (Wildman–Crippen MR) is 56.3 cm³/mol. The van der Waals surface area contributed by atoms with E-state index in [0.29, 0.717) is 6.07 Å². The second-order valence-corrected chi connectivity index (χ2v) is 4.28. The molecule has 90 valence electrons. The van der Waals surface area contributed by atoms with Crippen molar-refractivity contribution < 1.29 is 26.7 Å². The summed E-state index contributed by atoms with van der Waals surface area (Å²) in [6.07, 6.45) is -7.86. The highest BCUT2D eigenvalue weighted by Gasteiger charge is 2.33. The Morgan fingerprint density at radius 1 is 1.38 bits per heavy atom. The Morgan fingerprint density at radius 2 is 1.94 bits per heavy atom. The van der Waals surface area contributed by atoms with Gasteiger partial charge in [0, 0.05) is 0 Å². The Bertz CT molecular complexity index is 397. The highest BCUT2D eigenvalue weighted by atomic mass is 127. The molecule has 9 heteroatoms. The van der Waals surface area contributed by atoms with Crippen LogP contribution in [0.25, 0.3) is 0 Å². The third-order valence-electron chi connectivity index (χ3n) is 1.39. The van der Waals surface area contributed by atoms with E-state index in [1.165, 1.54) is 22.6 Å². The zero-order chi connectivity index (χ0) is 12.5. The van der Waals surface area contributed by atoms with Crippen LogP contribution in [0, 0.1) is 3.70 Å². The van der Waals surface area contributed by atoms with Gasteiger partial charge in [-0.3, -0.25) is 0 Å². The van der Waals surface area contributed by atoms with E-state index in [2.05, 4.69) is 25.7 Å². The smallest absolute Gasteiger partial charge is 0.403 e. The van der Waals surface area contributed by atoms with Crippen molar-refractivity contribution in [3.63, 3.8) is 0 Å². The van der Waals surface area contributed by atoms with Gasteiger partial charge < -0.3 is 4.74 Å². The molecule has 1 aromatic heterocycles. The number of hydrogen-bond donors (Lipinski definition) is 0. The Labute approximate surface area is 108 Å². The van der Waals surface area contributed by atoms with E-state index in [0.717, 1.165) is 0 Å². The fraction of sp³-hybridized carbons (Fsp3) is 0.286. The van der Waals surface area contributed by atoms with Gasteiger partial charge in [-0.15, -0.1) is 13.2 Å². The number of aromatic nitrogens is 1. The Kier molecular flexibility index (Phi) is 4.32. The first-order valence-electron chi connectivity index (χ1n) is 3.60. The van der Waals surface area contributed by atoms with Gasteiger partial charge in [0.15, 0.2) is 5.75 Å². The van der Waals surface area contributed by atoms with Gasteiger partial charge in [-0.1, -0.05) is 0 Å². The van der Waals surface area contributed by atoms with Crippen LogP contribution in [0.1, 0.15) is 12.0 Å². The van der Waals surface area contributed by atoms with Crippen LogP contribution in [-0.4, -0.2) is 11.3 Å². The van der Waals surface area contributed by atoms with E-state index in [1.54, 1.807) is 0 Å². The summed E-state index contributed by atoms with van der Waals surface area (Å²) in [6, 6.07) is 0.608. The fourth-order valence-electron chi connectivity index (χ4n) is 0.815. The minimum Gasteiger partial charge on any atom is -0.403 e. The number of alkyl halides is 5. The molecule has 1 rings (SSSR count). The average molecular weight is 418 g/mol. The van der Waals surface area contributed by atoms with Gasteiger partial charge >= 0.3 is 6.36 Å². The third kappa shape index (κ3) is 3.68. The molecule has 0 aliphatic heterocycles. The summed E-state index contributed by atoms with van der Waals surface area (Å²) >= 11 is 4.19. The molecule has 16 heavy (non-hydrogen) atoms. The first-order chi connectivity index (χ1) is 7.20. The molecule has 2 nitrogen and oxygen atoms in total. The molecule has 1 aromatic rings. The molecular weight excluding hydrogens is 416 g/mol. The van der Waals surface area contributed by atoms with E-state index in [-0.39, 0.29) is 8.30 Å². The van der Waals surface area contributed by atoms with Crippen LogP contribution >= 0.6 is 38.5 Å². The molecule has 0 spiro atoms. The monoisotopic (exact) mass is 417 g/mol. The zero-order valence-electron chi connectivity index (χ0n) is 7.16. The lowest BCUT2D eigenvalue weighted by atomic mass is 10.3. The topological polar surface area (TPSA) is 22.1 Å². The minimum atomic E-state index is -4.95. The van der Waals surface area contributed by atoms with Crippen molar-refractivity contribution in [1.29, 1.82) is 0 Å². The summed E-state index contributed by atoms with van der Waals surface area (Å²) in [5, 5.41) is 0. The SMILES string of the molecule is FC(F)c1cc(OC(F)(F)F)c(Br)nc1I. The molecule has 0 fully saturated rings. The lowest BCUT2D eigenvalue weighted by molar-refractivity contribution is -0.275. The highest BCUT2D eigenvalue weighted by molar-refractivity contribution is 14.1. The lowest BCUT2D eigenvalue weighted by Gasteiger charge is -2.12. The lowest BCUT2D eigenvalue weighted by Crippen LogP contribution is -2.18. The predicted octanol–water partition coefficient (Wildman–Crippen LogP) is 4.28. The molecule has 0 unspecified atom stereocenters. The molecule has 0 aliphatic carbocycles. The van der Waals surface area contributed by atoms with Gasteiger partial charge in [-0.2, -0.15) is 0 Å². The van der Waals surface area contributed by atoms with Crippen molar-refractivity contribution in [2.75, 3.05) is 0 Å². The summed E-state index contributed by atoms with van der Waals surface area (Å²) in [4.78, 5) is 3.48. The van der Waals surface area contributed by atoms with Crippen molar-refractivity contribution >= 4 is 38.5 Å². The van der Waals surface area contributed by atoms with E-state index in [1.807, 2.05) is 0 Å². The van der Waals surface area contributed by atoms with Gasteiger partial charge in [0.05, 0.1) is 5.56 Å². The van der Waals surface area contributed by atoms with Gasteiger partial charge in [-0.05, 0) is 44.6 Å². The normalized spacial score (nSPS) is 12.0. The minimum absolute atomic E-state index is 0.0889. The zero-order valence-corrected chi connectivity index (χ0v) is 10.9. The molecule has 0 amide bonds. The second kappa shape index (κ2) is 4.98. The first kappa shape index (κ1) is 13.9. The molecule has 0 aliphatic rings. The van der Waals surface area contributed by atoms with Crippen LogP contribution in [0.4, 0.5) is 22.0 Å². The largest absolute Gasteiger partial charge is 0.573 e. The molecule has 1 heterocycles. The van der Waals surface area contributed by atoms with Gasteiger partial charge in [0.1, 0.15) is 8.30 Å². The maximum absolute atomic E-state index is 12.4. The third-order valence-corrected chi connectivity index (χ3v) is 2.82. The van der Waals surface area contributed by atoms with Crippen LogP contribution < -0.4 is 4.74 Å². The van der Waals surface area contributed by atoms with E-state index in [4.69, 9.17) is 0 Å². The number of halogens is 7. The number of pyridine rings is 1. The molecule has 0 aromatic carbocycles. The van der Waals surface area contributed by atoms with Crippen LogP contribution in [0.3, 0.4) is 0 Å². The van der Waals surface area contributed by atoms with Crippen LogP contribution in [0.5, 0.6) is 5.75 Å². The summed E-state index contributed by atoms with van der Waals surface area (Å²) in [7, 11) is 0. The second-order valence-electron chi connectivity index (χ2n) is 2.51. The number of hydrogen-bond acceptors (Lipinski definition) is 2. The van der Waals surface area contributed by atoms with Gasteiger partial charge in [0.2, 0.25) is 0 Å². The van der Waals surface area contributed by atoms with Gasteiger partial charge in [-0.25, -0.2) is 13.8 Å². The van der Waals surface area contributed by atoms with Crippen molar-refractivity contribution in [3.05, 3.63) is 19.9 Å². The molecule has 0 saturated heterocycles. The Morgan fingerprint density at radius 3 is 2.38 bits per heavy atom. The maximum atomic E-state index is 12.4. The summed E-state index contributed by atoms with van der Waals surface area (Å²) < 4.78 is 63.6. The number of rotatable bonds is 2. The number of ether oxygens (including phenoxy) is 1. The Hall–Kier alpha value is -0.190. The standard InChI is InChI=1S/C7H2BrF5INO/c8-4-3(16-7(11,12)13)1-2(5(9)10)6(14)15-4/h1,5H. The van der Waals surface area contributed by atoms with Crippen LogP contribution in [-0.2, 0) is 0 Å². The van der Waals surface area contributed by atoms with E-state index in [9.17, 15) is 22.0 Å². The highest BCUT2D eigenvalue weighted by Crippen LogP contribution is 2.34. The van der Waals surface area contributed by atoms with Crippen molar-refractivity contribution in [2.45, 2.75) is 12.8 Å². The molecule has 0 atom stereocenters. The fourth-order valence-corrected chi connectivity index (χ4v) is 2.15. The summed E-state index contributed by atoms with van der Waals surface area (Å²) in [5.41, 5.74) is -0.608. The molecule has 0 saturated carbocycles. The number of nitrogens with zero attached hydrogens (tertiary/aromatic N) is 1. The van der Waals surface area contributed by atoms with Crippen molar-refractivity contribution in [2.24, 2.45) is 0 Å². The molecule has 0 bridgehead atoms. The average Bonchev–Trinajstić information content (AvgIpc) is 2.07. The Balaban J connectivity index is 3.15. The quantitative estimate of drug-likeness (QED) is 0.407. The van der Waals surface area contributed by atoms with Gasteiger partial charge in [0.25, 0.3) is 6.43 Å². The van der Waals surface area contributed by atoms with E-state index < -0.39 is 24.1 Å². The first-order valence-corrected chi connectivity index (χ1v) is 5.47. The molecular formula is C7H2BrF5INO. The summed E-state index contributed by atoms with van der Waals surface area (Å²) in [6.45, 7) is 0. The van der Waals surface area contributed by atoms with Crippen LogP contribution in [0.2, 0.25) is 0 Å². The summed E-state index contributed by atoms with van der Waals surface area (Å²) in [5.74, 6) is -0.789. The maximum Gasteiger partial charge on any atom is 0.573 e. The van der Waals surface area contributed by atoms with Crippen molar-refractivity contribution in [3.8, 4) is 5.75 Å². The van der Waals surface area contributed by atoms with Crippen LogP contribution in [0.15, 0.2) is 10.7 Å². The molecule has 0 N–H and O–H groups in total. The van der Waals surface area contributed by atoms with Crippen molar-refractivity contribution in [1.82, 2.24) is 4.98 Å². The molecule has 0 radical (unpaired) electrons. The van der Waals surface area contributed by atoms with E-state index >= 15 is 0 Å².